The van der Waals surface area contributed by atoms with Crippen LogP contribution in [-0.2, 0) is 4.79 Å². The van der Waals surface area contributed by atoms with E-state index in [2.05, 4.69) is 5.32 Å². The molecule has 140 valence electrons. The topological polar surface area (TPSA) is 56.8 Å². The lowest BCUT2D eigenvalue weighted by Gasteiger charge is -2.19. The molecular weight excluding hydrogens is 350 g/mol. The smallest absolute Gasteiger partial charge is 0.233 e. The highest BCUT2D eigenvalue weighted by Gasteiger charge is 2.18. The molecular formula is C20H25NO4S. The fraction of sp³-hybridized carbons (Fsp3) is 0.350. The van der Waals surface area contributed by atoms with Gasteiger partial charge in [0, 0.05) is 4.90 Å². The molecule has 0 spiro atoms. The van der Waals surface area contributed by atoms with Crippen LogP contribution in [0.1, 0.15) is 25.5 Å². The van der Waals surface area contributed by atoms with E-state index in [-0.39, 0.29) is 17.2 Å². The Morgan fingerprint density at radius 2 is 1.58 bits per heavy atom. The molecule has 0 aliphatic carbocycles. The highest BCUT2D eigenvalue weighted by molar-refractivity contribution is 8.00. The van der Waals surface area contributed by atoms with Crippen LogP contribution in [0.15, 0.2) is 47.4 Å². The summed E-state index contributed by atoms with van der Waals surface area (Å²) < 4.78 is 15.7. The number of methoxy groups -OCH3 is 3. The summed E-state index contributed by atoms with van der Waals surface area (Å²) in [6.07, 6.45) is 0. The van der Waals surface area contributed by atoms with Gasteiger partial charge in [0.25, 0.3) is 0 Å². The molecule has 5 nitrogen and oxygen atoms in total. The standard InChI is InChI=1S/C20H25NO4S/c1-13(15-6-11-18(24-4)19(12-15)25-5)21-20(22)14(2)26-17-9-7-16(23-3)8-10-17/h6-14H,1-5H3,(H,21,22)/t13-,14-/m0/s1. The lowest BCUT2D eigenvalue weighted by molar-refractivity contribution is -0.120. The first-order valence-corrected chi connectivity index (χ1v) is 9.19. The summed E-state index contributed by atoms with van der Waals surface area (Å²) in [5, 5.41) is 2.83. The Morgan fingerprint density at radius 3 is 2.15 bits per heavy atom. The molecule has 1 N–H and O–H groups in total. The van der Waals surface area contributed by atoms with Crippen molar-refractivity contribution in [1.29, 1.82) is 0 Å². The van der Waals surface area contributed by atoms with Gasteiger partial charge in [-0.25, -0.2) is 0 Å². The van der Waals surface area contributed by atoms with E-state index in [9.17, 15) is 4.79 Å². The molecule has 1 amide bonds. The Morgan fingerprint density at radius 1 is 0.923 bits per heavy atom. The van der Waals surface area contributed by atoms with Gasteiger partial charge in [-0.1, -0.05) is 6.07 Å². The van der Waals surface area contributed by atoms with Crippen LogP contribution in [0.5, 0.6) is 17.2 Å². The predicted octanol–water partition coefficient (Wildman–Crippen LogP) is 4.07. The van der Waals surface area contributed by atoms with Crippen molar-refractivity contribution in [3.63, 3.8) is 0 Å². The summed E-state index contributed by atoms with van der Waals surface area (Å²) in [6, 6.07) is 13.2. The van der Waals surface area contributed by atoms with Crippen LogP contribution < -0.4 is 19.5 Å². The van der Waals surface area contributed by atoms with E-state index in [1.807, 2.05) is 56.3 Å². The van der Waals surface area contributed by atoms with E-state index in [1.165, 1.54) is 11.8 Å². The Kier molecular flexibility index (Phi) is 7.21. The molecule has 0 unspecified atom stereocenters. The zero-order valence-corrected chi connectivity index (χ0v) is 16.6. The van der Waals surface area contributed by atoms with Gasteiger partial charge < -0.3 is 19.5 Å². The normalized spacial score (nSPS) is 12.8. The van der Waals surface area contributed by atoms with Crippen molar-refractivity contribution in [2.45, 2.75) is 30.0 Å². The number of hydrogen-bond acceptors (Lipinski definition) is 5. The summed E-state index contributed by atoms with van der Waals surface area (Å²) in [5.41, 5.74) is 0.956. The highest BCUT2D eigenvalue weighted by Crippen LogP contribution is 2.30. The van der Waals surface area contributed by atoms with Crippen molar-refractivity contribution in [2.24, 2.45) is 0 Å². The summed E-state index contributed by atoms with van der Waals surface area (Å²) in [7, 11) is 4.83. The largest absolute Gasteiger partial charge is 0.497 e. The van der Waals surface area contributed by atoms with Crippen LogP contribution in [0, 0.1) is 0 Å². The van der Waals surface area contributed by atoms with Crippen LogP contribution >= 0.6 is 11.8 Å². The number of carbonyl (C=O) groups excluding carboxylic acids is 1. The third kappa shape index (κ3) is 5.08. The molecule has 0 saturated heterocycles. The van der Waals surface area contributed by atoms with E-state index in [0.717, 1.165) is 16.2 Å². The van der Waals surface area contributed by atoms with Crippen LogP contribution in [-0.4, -0.2) is 32.5 Å². The molecule has 0 aliphatic rings. The molecule has 2 rings (SSSR count). The van der Waals surface area contributed by atoms with Crippen molar-refractivity contribution in [1.82, 2.24) is 5.32 Å². The molecule has 2 atom stereocenters. The fourth-order valence-corrected chi connectivity index (χ4v) is 3.32. The molecule has 2 aromatic carbocycles. The van der Waals surface area contributed by atoms with Crippen molar-refractivity contribution in [3.05, 3.63) is 48.0 Å². The van der Waals surface area contributed by atoms with E-state index in [0.29, 0.717) is 11.5 Å². The Bertz CT molecular complexity index is 733. The van der Waals surface area contributed by atoms with Gasteiger partial charge in [0.15, 0.2) is 11.5 Å². The van der Waals surface area contributed by atoms with Gasteiger partial charge >= 0.3 is 0 Å². The summed E-state index contributed by atoms with van der Waals surface area (Å²) in [5.74, 6) is 2.09. The first-order chi connectivity index (χ1) is 12.5. The second-order valence-electron chi connectivity index (χ2n) is 5.78. The number of thioether (sulfide) groups is 1. The number of carbonyl (C=O) groups is 1. The Balaban J connectivity index is 1.98. The molecule has 0 fully saturated rings. The third-order valence-electron chi connectivity index (χ3n) is 4.01. The van der Waals surface area contributed by atoms with Gasteiger partial charge in [0.2, 0.25) is 5.91 Å². The summed E-state index contributed by atoms with van der Waals surface area (Å²) >= 11 is 1.51. The number of nitrogens with one attached hydrogen (secondary N) is 1. The van der Waals surface area contributed by atoms with Gasteiger partial charge in [-0.05, 0) is 55.8 Å². The molecule has 6 heteroatoms. The maximum atomic E-state index is 12.5. The molecule has 0 bridgehead atoms. The summed E-state index contributed by atoms with van der Waals surface area (Å²) in [4.78, 5) is 13.5. The average molecular weight is 375 g/mol. The van der Waals surface area contributed by atoms with Crippen LogP contribution in [0.25, 0.3) is 0 Å². The lowest BCUT2D eigenvalue weighted by atomic mass is 10.1. The van der Waals surface area contributed by atoms with E-state index < -0.39 is 0 Å². The molecule has 0 aromatic heterocycles. The van der Waals surface area contributed by atoms with Gasteiger partial charge in [-0.2, -0.15) is 0 Å². The molecule has 0 aliphatic heterocycles. The molecule has 26 heavy (non-hydrogen) atoms. The number of amides is 1. The SMILES string of the molecule is COc1ccc(S[C@@H](C)C(=O)N[C@@H](C)c2ccc(OC)c(OC)c2)cc1. The molecule has 0 saturated carbocycles. The average Bonchev–Trinajstić information content (AvgIpc) is 2.67. The molecule has 2 aromatic rings. The number of benzene rings is 2. The van der Waals surface area contributed by atoms with E-state index in [4.69, 9.17) is 14.2 Å². The van der Waals surface area contributed by atoms with Crippen molar-refractivity contribution in [2.75, 3.05) is 21.3 Å². The minimum Gasteiger partial charge on any atom is -0.497 e. The van der Waals surface area contributed by atoms with E-state index in [1.54, 1.807) is 21.3 Å². The number of rotatable bonds is 8. The second-order valence-corrected chi connectivity index (χ2v) is 7.19. The van der Waals surface area contributed by atoms with Crippen LogP contribution in [0.4, 0.5) is 0 Å². The van der Waals surface area contributed by atoms with Crippen LogP contribution in [0.2, 0.25) is 0 Å². The van der Waals surface area contributed by atoms with Gasteiger partial charge in [0.1, 0.15) is 5.75 Å². The zero-order valence-electron chi connectivity index (χ0n) is 15.7. The molecule has 0 radical (unpaired) electrons. The number of hydrogen-bond donors (Lipinski definition) is 1. The number of ether oxygens (including phenoxy) is 3. The second kappa shape index (κ2) is 9.38. The van der Waals surface area contributed by atoms with Gasteiger partial charge in [-0.3, -0.25) is 4.79 Å². The van der Waals surface area contributed by atoms with E-state index >= 15 is 0 Å². The zero-order chi connectivity index (χ0) is 19.1. The maximum Gasteiger partial charge on any atom is 0.233 e. The Hall–Kier alpha value is -2.34. The lowest BCUT2D eigenvalue weighted by Crippen LogP contribution is -2.33. The first-order valence-electron chi connectivity index (χ1n) is 8.31. The van der Waals surface area contributed by atoms with Crippen molar-refractivity contribution >= 4 is 17.7 Å². The minimum atomic E-state index is -0.217. The van der Waals surface area contributed by atoms with Gasteiger partial charge in [-0.15, -0.1) is 11.8 Å². The summed E-state index contributed by atoms with van der Waals surface area (Å²) in [6.45, 7) is 3.84. The van der Waals surface area contributed by atoms with Gasteiger partial charge in [0.05, 0.1) is 32.6 Å². The minimum absolute atomic E-state index is 0.0203. The quantitative estimate of drug-likeness (QED) is 0.705. The van der Waals surface area contributed by atoms with Crippen LogP contribution in [0.3, 0.4) is 0 Å². The fourth-order valence-electron chi connectivity index (χ4n) is 2.45. The first kappa shape index (κ1) is 20.0. The maximum absolute atomic E-state index is 12.5. The molecule has 0 heterocycles. The monoisotopic (exact) mass is 375 g/mol. The highest BCUT2D eigenvalue weighted by atomic mass is 32.2. The Labute approximate surface area is 159 Å². The predicted molar refractivity (Wildman–Crippen MR) is 104 cm³/mol. The van der Waals surface area contributed by atoms with Crippen molar-refractivity contribution < 1.29 is 19.0 Å². The van der Waals surface area contributed by atoms with Crippen molar-refractivity contribution in [3.8, 4) is 17.2 Å². The third-order valence-corrected chi connectivity index (χ3v) is 5.12.